The fraction of sp³-hybridized carbons (Fsp3) is 1.00. The van der Waals surface area contributed by atoms with E-state index in [1.807, 2.05) is 0 Å². The van der Waals surface area contributed by atoms with E-state index in [2.05, 4.69) is 13.8 Å². The maximum atomic E-state index is 5.79. The van der Waals surface area contributed by atoms with E-state index in [1.165, 1.54) is 19.3 Å². The Balaban J connectivity index is 2.35. The van der Waals surface area contributed by atoms with E-state index in [-0.39, 0.29) is 0 Å². The normalized spacial score (nSPS) is 45.0. The Bertz CT molecular complexity index is 90.6. The zero-order chi connectivity index (χ0) is 6.85. The third-order valence-corrected chi connectivity index (χ3v) is 2.64. The molecule has 0 aromatic carbocycles. The van der Waals surface area contributed by atoms with Gasteiger partial charge in [0.2, 0.25) is 0 Å². The van der Waals surface area contributed by atoms with Gasteiger partial charge >= 0.3 is 0 Å². The summed E-state index contributed by atoms with van der Waals surface area (Å²) >= 11 is 0. The molecule has 1 rings (SSSR count). The van der Waals surface area contributed by atoms with E-state index >= 15 is 0 Å². The van der Waals surface area contributed by atoms with Gasteiger partial charge in [0.05, 0.1) is 0 Å². The molecule has 2 N–H and O–H groups in total. The number of hydrogen-bond donors (Lipinski definition) is 1. The standard InChI is InChI=1S/C8H17N/c1-6-3-4-8(9)5-7(6)2/h6-8H,3-5,9H2,1-2H3/t6-,7+,8-/m1/s1. The lowest BCUT2D eigenvalue weighted by Gasteiger charge is -2.29. The second kappa shape index (κ2) is 2.70. The van der Waals surface area contributed by atoms with Crippen molar-refractivity contribution in [3.63, 3.8) is 0 Å². The number of hydrogen-bond acceptors (Lipinski definition) is 1. The first-order valence-corrected chi connectivity index (χ1v) is 3.95. The van der Waals surface area contributed by atoms with Crippen molar-refractivity contribution in [1.29, 1.82) is 0 Å². The van der Waals surface area contributed by atoms with Crippen molar-refractivity contribution in [2.24, 2.45) is 17.6 Å². The molecule has 0 spiro atoms. The Morgan fingerprint density at radius 1 is 1.11 bits per heavy atom. The summed E-state index contributed by atoms with van der Waals surface area (Å²) < 4.78 is 0. The van der Waals surface area contributed by atoms with Crippen LogP contribution in [0.5, 0.6) is 0 Å². The van der Waals surface area contributed by atoms with E-state index in [0.717, 1.165) is 11.8 Å². The monoisotopic (exact) mass is 127 g/mol. The summed E-state index contributed by atoms with van der Waals surface area (Å²) in [6.07, 6.45) is 3.81. The van der Waals surface area contributed by atoms with Crippen LogP contribution >= 0.6 is 0 Å². The highest BCUT2D eigenvalue weighted by atomic mass is 14.6. The molecular weight excluding hydrogens is 110 g/mol. The summed E-state index contributed by atoms with van der Waals surface area (Å²) in [6.45, 7) is 4.64. The van der Waals surface area contributed by atoms with Gasteiger partial charge in [-0.2, -0.15) is 0 Å². The van der Waals surface area contributed by atoms with Crippen molar-refractivity contribution >= 4 is 0 Å². The average molecular weight is 127 g/mol. The lowest BCUT2D eigenvalue weighted by Crippen LogP contribution is -2.30. The zero-order valence-corrected chi connectivity index (χ0v) is 6.43. The first-order valence-electron chi connectivity index (χ1n) is 3.95. The molecule has 1 nitrogen and oxygen atoms in total. The van der Waals surface area contributed by atoms with Gasteiger partial charge in [0.25, 0.3) is 0 Å². The lowest BCUT2D eigenvalue weighted by molar-refractivity contribution is 0.251. The molecule has 0 bridgehead atoms. The van der Waals surface area contributed by atoms with Crippen LogP contribution in [0.1, 0.15) is 33.1 Å². The van der Waals surface area contributed by atoms with E-state index in [0.29, 0.717) is 6.04 Å². The topological polar surface area (TPSA) is 26.0 Å². The summed E-state index contributed by atoms with van der Waals surface area (Å²) in [7, 11) is 0. The number of nitrogens with two attached hydrogens (primary N) is 1. The average Bonchev–Trinajstić information content (AvgIpc) is 1.80. The SMILES string of the molecule is C[C@@H]1CC[C@@H](N)C[C@@H]1C. The van der Waals surface area contributed by atoms with E-state index in [1.54, 1.807) is 0 Å². The van der Waals surface area contributed by atoms with Gasteiger partial charge in [0.1, 0.15) is 0 Å². The summed E-state index contributed by atoms with van der Waals surface area (Å²) in [6, 6.07) is 0.496. The predicted molar refractivity (Wildman–Crippen MR) is 40.2 cm³/mol. The molecule has 1 saturated carbocycles. The van der Waals surface area contributed by atoms with Crippen LogP contribution < -0.4 is 5.73 Å². The molecule has 1 heteroatoms. The second-order valence-electron chi connectivity index (χ2n) is 3.53. The van der Waals surface area contributed by atoms with Gasteiger partial charge in [-0.1, -0.05) is 13.8 Å². The minimum absolute atomic E-state index is 0.496. The molecule has 0 saturated heterocycles. The van der Waals surface area contributed by atoms with Crippen molar-refractivity contribution in [2.45, 2.75) is 39.2 Å². The maximum Gasteiger partial charge on any atom is 0.00415 e. The van der Waals surface area contributed by atoms with Crippen LogP contribution in [0.2, 0.25) is 0 Å². The Labute approximate surface area is 57.6 Å². The van der Waals surface area contributed by atoms with Gasteiger partial charge in [-0.15, -0.1) is 0 Å². The molecule has 0 aromatic heterocycles. The molecule has 54 valence electrons. The molecule has 0 heterocycles. The first kappa shape index (κ1) is 7.07. The maximum absolute atomic E-state index is 5.79. The summed E-state index contributed by atoms with van der Waals surface area (Å²) in [5.41, 5.74) is 5.79. The smallest absolute Gasteiger partial charge is 0.00415 e. The van der Waals surface area contributed by atoms with E-state index < -0.39 is 0 Å². The second-order valence-corrected chi connectivity index (χ2v) is 3.53. The van der Waals surface area contributed by atoms with Crippen LogP contribution in [-0.4, -0.2) is 6.04 Å². The largest absolute Gasteiger partial charge is 0.328 e. The van der Waals surface area contributed by atoms with Crippen LogP contribution in [0.15, 0.2) is 0 Å². The zero-order valence-electron chi connectivity index (χ0n) is 6.43. The first-order chi connectivity index (χ1) is 4.20. The van der Waals surface area contributed by atoms with Gasteiger partial charge in [-0.05, 0) is 31.1 Å². The van der Waals surface area contributed by atoms with Gasteiger partial charge in [-0.25, -0.2) is 0 Å². The fourth-order valence-corrected chi connectivity index (χ4v) is 1.59. The fourth-order valence-electron chi connectivity index (χ4n) is 1.59. The Morgan fingerprint density at radius 2 is 1.78 bits per heavy atom. The summed E-state index contributed by atoms with van der Waals surface area (Å²) in [5.74, 6) is 1.76. The highest BCUT2D eigenvalue weighted by molar-refractivity contribution is 4.76. The lowest BCUT2D eigenvalue weighted by atomic mass is 9.79. The van der Waals surface area contributed by atoms with E-state index in [4.69, 9.17) is 5.73 Å². The van der Waals surface area contributed by atoms with Crippen molar-refractivity contribution in [2.75, 3.05) is 0 Å². The molecular formula is C8H17N. The van der Waals surface area contributed by atoms with Gasteiger partial charge in [0, 0.05) is 6.04 Å². The van der Waals surface area contributed by atoms with Crippen LogP contribution in [0.3, 0.4) is 0 Å². The van der Waals surface area contributed by atoms with Gasteiger partial charge in [0.15, 0.2) is 0 Å². The van der Waals surface area contributed by atoms with Crippen molar-refractivity contribution in [3.05, 3.63) is 0 Å². The van der Waals surface area contributed by atoms with Gasteiger partial charge in [-0.3, -0.25) is 0 Å². The molecule has 0 aromatic rings. The van der Waals surface area contributed by atoms with Crippen molar-refractivity contribution in [3.8, 4) is 0 Å². The Hall–Kier alpha value is -0.0400. The van der Waals surface area contributed by atoms with Gasteiger partial charge < -0.3 is 5.73 Å². The highest BCUT2D eigenvalue weighted by Gasteiger charge is 2.21. The molecule has 9 heavy (non-hydrogen) atoms. The van der Waals surface area contributed by atoms with Crippen LogP contribution in [0.4, 0.5) is 0 Å². The van der Waals surface area contributed by atoms with Crippen LogP contribution in [-0.2, 0) is 0 Å². The molecule has 1 aliphatic rings. The van der Waals surface area contributed by atoms with Crippen molar-refractivity contribution < 1.29 is 0 Å². The molecule has 0 aliphatic heterocycles. The van der Waals surface area contributed by atoms with Crippen molar-refractivity contribution in [1.82, 2.24) is 0 Å². The Morgan fingerprint density at radius 3 is 2.22 bits per heavy atom. The molecule has 0 radical (unpaired) electrons. The molecule has 1 aliphatic carbocycles. The number of rotatable bonds is 0. The molecule has 1 fully saturated rings. The third-order valence-electron chi connectivity index (χ3n) is 2.64. The minimum atomic E-state index is 0.496. The third kappa shape index (κ3) is 1.68. The minimum Gasteiger partial charge on any atom is -0.328 e. The quantitative estimate of drug-likeness (QED) is 0.527. The van der Waals surface area contributed by atoms with Crippen LogP contribution in [0.25, 0.3) is 0 Å². The predicted octanol–water partition coefficient (Wildman–Crippen LogP) is 1.77. The highest BCUT2D eigenvalue weighted by Crippen LogP contribution is 2.27. The summed E-state index contributed by atoms with van der Waals surface area (Å²) in [4.78, 5) is 0. The molecule has 3 atom stereocenters. The summed E-state index contributed by atoms with van der Waals surface area (Å²) in [5, 5.41) is 0. The van der Waals surface area contributed by atoms with E-state index in [9.17, 15) is 0 Å². The molecule has 0 amide bonds. The molecule has 0 unspecified atom stereocenters. The van der Waals surface area contributed by atoms with Crippen LogP contribution in [0, 0.1) is 11.8 Å². The Kier molecular flexibility index (Phi) is 2.12.